The van der Waals surface area contributed by atoms with Crippen molar-refractivity contribution in [1.82, 2.24) is 10.2 Å². The summed E-state index contributed by atoms with van der Waals surface area (Å²) in [6, 6.07) is 17.5. The smallest absolute Gasteiger partial charge is 0.193 e. The highest BCUT2D eigenvalue weighted by Gasteiger charge is 2.11. The van der Waals surface area contributed by atoms with E-state index in [0.29, 0.717) is 5.92 Å². The van der Waals surface area contributed by atoms with E-state index in [9.17, 15) is 4.79 Å². The Bertz CT molecular complexity index is 667. The Balaban J connectivity index is 1.80. The maximum absolute atomic E-state index is 12.6. The van der Waals surface area contributed by atoms with Gasteiger partial charge in [0, 0.05) is 17.7 Å². The van der Waals surface area contributed by atoms with Crippen molar-refractivity contribution >= 4 is 5.78 Å². The highest BCUT2D eigenvalue weighted by molar-refractivity contribution is 6.09. The first-order chi connectivity index (χ1) is 12.6. The van der Waals surface area contributed by atoms with Gasteiger partial charge in [0.2, 0.25) is 0 Å². The van der Waals surface area contributed by atoms with Crippen LogP contribution in [0.2, 0.25) is 0 Å². The van der Waals surface area contributed by atoms with E-state index in [2.05, 4.69) is 37.3 Å². The van der Waals surface area contributed by atoms with Gasteiger partial charge in [0.15, 0.2) is 5.78 Å². The van der Waals surface area contributed by atoms with Crippen molar-refractivity contribution in [2.24, 2.45) is 0 Å². The van der Waals surface area contributed by atoms with Gasteiger partial charge in [-0.15, -0.1) is 0 Å². The van der Waals surface area contributed by atoms with Gasteiger partial charge in [0.05, 0.1) is 0 Å². The van der Waals surface area contributed by atoms with Gasteiger partial charge >= 0.3 is 0 Å². The molecule has 0 aromatic heterocycles. The first-order valence-electron chi connectivity index (χ1n) is 9.63. The van der Waals surface area contributed by atoms with Crippen molar-refractivity contribution in [3.63, 3.8) is 0 Å². The Kier molecular flexibility index (Phi) is 8.52. The summed E-state index contributed by atoms with van der Waals surface area (Å²) in [6.07, 6.45) is 3.74. The molecule has 2 rings (SSSR count). The largest absolute Gasteiger partial charge is 0.316 e. The lowest BCUT2D eigenvalue weighted by atomic mass is 9.95. The standard InChI is InChI=1S/C23H32N2O/c1-19(18-24-15-8-5-9-16-25(2)3)21-13-10-14-22(17-21)23(26)20-11-6-4-7-12-20/h4,6-7,10-14,17,19,24H,5,8-9,15-16,18H2,1-3H3. The molecule has 0 saturated heterocycles. The summed E-state index contributed by atoms with van der Waals surface area (Å²) >= 11 is 0. The predicted octanol–water partition coefficient (Wildman–Crippen LogP) is 4.34. The van der Waals surface area contributed by atoms with Crippen LogP contribution in [0.5, 0.6) is 0 Å². The zero-order chi connectivity index (χ0) is 18.8. The van der Waals surface area contributed by atoms with Crippen LogP contribution in [0.25, 0.3) is 0 Å². The summed E-state index contributed by atoms with van der Waals surface area (Å²) in [5.74, 6) is 0.480. The van der Waals surface area contributed by atoms with Crippen molar-refractivity contribution in [2.45, 2.75) is 32.1 Å². The zero-order valence-corrected chi connectivity index (χ0v) is 16.4. The number of nitrogens with one attached hydrogen (secondary N) is 1. The van der Waals surface area contributed by atoms with Crippen LogP contribution in [0.3, 0.4) is 0 Å². The van der Waals surface area contributed by atoms with Gasteiger partial charge in [0.1, 0.15) is 0 Å². The molecular formula is C23H32N2O. The molecule has 0 saturated carbocycles. The lowest BCUT2D eigenvalue weighted by Gasteiger charge is -2.14. The molecule has 0 spiro atoms. The second-order valence-electron chi connectivity index (χ2n) is 7.29. The molecule has 3 heteroatoms. The average Bonchev–Trinajstić information content (AvgIpc) is 2.67. The van der Waals surface area contributed by atoms with Gasteiger partial charge in [-0.2, -0.15) is 0 Å². The second-order valence-corrected chi connectivity index (χ2v) is 7.29. The summed E-state index contributed by atoms with van der Waals surface area (Å²) in [7, 11) is 4.24. The number of carbonyl (C=O) groups excluding carboxylic acids is 1. The van der Waals surface area contributed by atoms with Crippen molar-refractivity contribution in [3.8, 4) is 0 Å². The highest BCUT2D eigenvalue weighted by Crippen LogP contribution is 2.18. The number of benzene rings is 2. The van der Waals surface area contributed by atoms with Gasteiger partial charge in [-0.1, -0.05) is 61.9 Å². The zero-order valence-electron chi connectivity index (χ0n) is 16.4. The van der Waals surface area contributed by atoms with E-state index in [0.717, 1.165) is 24.2 Å². The summed E-state index contributed by atoms with van der Waals surface area (Å²) < 4.78 is 0. The van der Waals surface area contributed by atoms with Crippen molar-refractivity contribution in [2.75, 3.05) is 33.7 Å². The van der Waals surface area contributed by atoms with Crippen LogP contribution >= 0.6 is 0 Å². The third-order valence-electron chi connectivity index (χ3n) is 4.66. The van der Waals surface area contributed by atoms with Crippen LogP contribution in [0.4, 0.5) is 0 Å². The molecule has 1 N–H and O–H groups in total. The normalized spacial score (nSPS) is 12.3. The summed E-state index contributed by atoms with van der Waals surface area (Å²) in [6.45, 7) is 5.38. The second kappa shape index (κ2) is 10.9. The molecule has 0 aliphatic rings. The molecule has 140 valence electrons. The fraction of sp³-hybridized carbons (Fsp3) is 0.435. The molecule has 0 heterocycles. The topological polar surface area (TPSA) is 32.3 Å². The third kappa shape index (κ3) is 6.74. The highest BCUT2D eigenvalue weighted by atomic mass is 16.1. The third-order valence-corrected chi connectivity index (χ3v) is 4.66. The minimum absolute atomic E-state index is 0.0912. The minimum atomic E-state index is 0.0912. The fourth-order valence-electron chi connectivity index (χ4n) is 3.03. The van der Waals surface area contributed by atoms with Crippen molar-refractivity contribution in [3.05, 3.63) is 71.3 Å². The Hall–Kier alpha value is -1.97. The van der Waals surface area contributed by atoms with Crippen LogP contribution in [0, 0.1) is 0 Å². The molecule has 0 aliphatic carbocycles. The molecule has 1 atom stereocenters. The summed E-state index contributed by atoms with van der Waals surface area (Å²) in [4.78, 5) is 14.8. The number of nitrogens with zero attached hydrogens (tertiary/aromatic N) is 1. The van der Waals surface area contributed by atoms with E-state index in [1.807, 2.05) is 48.5 Å². The lowest BCUT2D eigenvalue weighted by molar-refractivity contribution is 0.103. The molecule has 0 amide bonds. The predicted molar refractivity (Wildman–Crippen MR) is 110 cm³/mol. The fourth-order valence-corrected chi connectivity index (χ4v) is 3.03. The molecule has 1 unspecified atom stereocenters. The Morgan fingerprint density at radius 3 is 2.42 bits per heavy atom. The number of unbranched alkanes of at least 4 members (excludes halogenated alkanes) is 2. The summed E-state index contributed by atoms with van der Waals surface area (Å²) in [5.41, 5.74) is 2.73. The van der Waals surface area contributed by atoms with Crippen LogP contribution in [-0.4, -0.2) is 44.4 Å². The van der Waals surface area contributed by atoms with E-state index in [4.69, 9.17) is 0 Å². The number of hydrogen-bond donors (Lipinski definition) is 1. The van der Waals surface area contributed by atoms with E-state index in [-0.39, 0.29) is 5.78 Å². The lowest BCUT2D eigenvalue weighted by Crippen LogP contribution is -2.21. The molecule has 0 radical (unpaired) electrons. The number of carbonyl (C=O) groups is 1. The molecule has 26 heavy (non-hydrogen) atoms. The van der Waals surface area contributed by atoms with E-state index in [1.54, 1.807) is 0 Å². The number of ketones is 1. The Morgan fingerprint density at radius 2 is 1.69 bits per heavy atom. The maximum Gasteiger partial charge on any atom is 0.193 e. The quantitative estimate of drug-likeness (QED) is 0.482. The van der Waals surface area contributed by atoms with Gasteiger partial charge in [0.25, 0.3) is 0 Å². The van der Waals surface area contributed by atoms with Gasteiger partial charge in [-0.3, -0.25) is 4.79 Å². The van der Waals surface area contributed by atoms with Crippen LogP contribution < -0.4 is 5.32 Å². The summed E-state index contributed by atoms with van der Waals surface area (Å²) in [5, 5.41) is 3.55. The Morgan fingerprint density at radius 1 is 0.962 bits per heavy atom. The first kappa shape index (κ1) is 20.3. The molecule has 0 fully saturated rings. The molecule has 2 aromatic carbocycles. The Labute approximate surface area is 158 Å². The SMILES string of the molecule is CC(CNCCCCCN(C)C)c1cccc(C(=O)c2ccccc2)c1. The first-order valence-corrected chi connectivity index (χ1v) is 9.63. The van der Waals surface area contributed by atoms with Gasteiger partial charge < -0.3 is 10.2 Å². The van der Waals surface area contributed by atoms with E-state index in [1.165, 1.54) is 31.4 Å². The maximum atomic E-state index is 12.6. The molecule has 0 aliphatic heterocycles. The van der Waals surface area contributed by atoms with Gasteiger partial charge in [-0.25, -0.2) is 0 Å². The van der Waals surface area contributed by atoms with E-state index < -0.39 is 0 Å². The van der Waals surface area contributed by atoms with Crippen LogP contribution in [0.15, 0.2) is 54.6 Å². The van der Waals surface area contributed by atoms with Crippen molar-refractivity contribution in [1.29, 1.82) is 0 Å². The van der Waals surface area contributed by atoms with Crippen LogP contribution in [0.1, 0.15) is 53.6 Å². The number of rotatable bonds is 11. The monoisotopic (exact) mass is 352 g/mol. The molecule has 0 bridgehead atoms. The number of hydrogen-bond acceptors (Lipinski definition) is 3. The van der Waals surface area contributed by atoms with Gasteiger partial charge in [-0.05, 0) is 57.6 Å². The molecule has 3 nitrogen and oxygen atoms in total. The molecule has 2 aromatic rings. The van der Waals surface area contributed by atoms with E-state index >= 15 is 0 Å². The van der Waals surface area contributed by atoms with Crippen LogP contribution in [-0.2, 0) is 0 Å². The molecular weight excluding hydrogens is 320 g/mol. The minimum Gasteiger partial charge on any atom is -0.316 e. The van der Waals surface area contributed by atoms with Crippen molar-refractivity contribution < 1.29 is 4.79 Å². The average molecular weight is 353 g/mol.